The molecular weight excluding hydrogens is 260 g/mol. The molecule has 0 amide bonds. The van der Waals surface area contributed by atoms with Crippen molar-refractivity contribution < 1.29 is 24.9 Å². The van der Waals surface area contributed by atoms with Gasteiger partial charge in [0, 0.05) is 5.92 Å². The predicted molar refractivity (Wildman–Crippen MR) is 74.6 cm³/mol. The fourth-order valence-corrected chi connectivity index (χ4v) is 1.62. The van der Waals surface area contributed by atoms with E-state index in [1.165, 1.54) is 12.2 Å². The van der Waals surface area contributed by atoms with Gasteiger partial charge in [-0.3, -0.25) is 0 Å². The summed E-state index contributed by atoms with van der Waals surface area (Å²) in [5.41, 5.74) is 0.0529. The monoisotopic (exact) mass is 278 g/mol. The van der Waals surface area contributed by atoms with E-state index in [1.807, 2.05) is 6.92 Å². The van der Waals surface area contributed by atoms with Gasteiger partial charge in [0.25, 0.3) is 0 Å². The molecule has 0 saturated carbocycles. The van der Waals surface area contributed by atoms with Gasteiger partial charge < -0.3 is 20.1 Å². The summed E-state index contributed by atoms with van der Waals surface area (Å²) >= 11 is 0. The van der Waals surface area contributed by atoms with E-state index in [0.29, 0.717) is 0 Å². The molecule has 1 rings (SSSR count). The molecule has 1 aliphatic heterocycles. The summed E-state index contributed by atoms with van der Waals surface area (Å²) in [7, 11) is 0. The lowest BCUT2D eigenvalue weighted by Crippen LogP contribution is -2.11. The maximum atomic E-state index is 11.7. The van der Waals surface area contributed by atoms with Crippen molar-refractivity contribution in [3.63, 3.8) is 0 Å². The Balaban J connectivity index is 3.07. The van der Waals surface area contributed by atoms with E-state index >= 15 is 0 Å². The summed E-state index contributed by atoms with van der Waals surface area (Å²) in [6.07, 6.45) is 8.75. The molecule has 1 heterocycles. The molecule has 1 aliphatic rings. The second kappa shape index (κ2) is 7.47. The Morgan fingerprint density at radius 3 is 2.50 bits per heavy atom. The number of aliphatic hydroxyl groups excluding tert-OH is 3. The van der Waals surface area contributed by atoms with E-state index < -0.39 is 24.6 Å². The Morgan fingerprint density at radius 2 is 2.00 bits per heavy atom. The molecule has 108 valence electrons. The van der Waals surface area contributed by atoms with Crippen molar-refractivity contribution in [3.8, 4) is 0 Å². The molecule has 3 N–H and O–H groups in total. The zero-order valence-corrected chi connectivity index (χ0v) is 11.2. The highest BCUT2D eigenvalue weighted by Gasteiger charge is 2.32. The molecule has 0 spiro atoms. The Labute approximate surface area is 117 Å². The number of carbonyl (C=O) groups excluding carboxylic acids is 1. The highest BCUT2D eigenvalue weighted by Crippen LogP contribution is 2.30. The molecule has 0 aromatic heterocycles. The van der Waals surface area contributed by atoms with E-state index in [-0.39, 0.29) is 17.1 Å². The standard InChI is InChI=1S/C15H18O5/c1-3-4-5-6-11(7-8-12(17)9-16)13-14(18)10(2)20-15(13)19/h3-8,11-12,16-18H,2,9H2,1H3/b4-3+,6-5+,8-7-/t11-,12+/m1/s1. The molecule has 0 unspecified atom stereocenters. The summed E-state index contributed by atoms with van der Waals surface area (Å²) in [4.78, 5) is 11.7. The van der Waals surface area contributed by atoms with Gasteiger partial charge in [0.05, 0.1) is 18.3 Å². The van der Waals surface area contributed by atoms with Crippen LogP contribution in [-0.2, 0) is 9.53 Å². The number of ether oxygens (including phenoxy) is 1. The summed E-state index contributed by atoms with van der Waals surface area (Å²) in [6, 6.07) is 0. The summed E-state index contributed by atoms with van der Waals surface area (Å²) in [5.74, 6) is -1.65. The molecule has 0 bridgehead atoms. The van der Waals surface area contributed by atoms with Crippen LogP contribution in [0.25, 0.3) is 0 Å². The zero-order valence-electron chi connectivity index (χ0n) is 11.2. The molecular formula is C15H18O5. The second-order valence-corrected chi connectivity index (χ2v) is 4.15. The SMILES string of the molecule is C=C1OC(=O)C([C@@H](/C=C\[C@H](O)CO)/C=C/C=C/C)=C1O. The van der Waals surface area contributed by atoms with Crippen LogP contribution >= 0.6 is 0 Å². The van der Waals surface area contributed by atoms with Gasteiger partial charge in [0.1, 0.15) is 0 Å². The molecule has 0 aromatic rings. The maximum Gasteiger partial charge on any atom is 0.344 e. The van der Waals surface area contributed by atoms with Gasteiger partial charge in [-0.2, -0.15) is 0 Å². The number of cyclic esters (lactones) is 1. The first kappa shape index (κ1) is 15.9. The van der Waals surface area contributed by atoms with Crippen molar-refractivity contribution in [3.05, 3.63) is 60.1 Å². The number of allylic oxidation sites excluding steroid dienone is 5. The first-order valence-corrected chi connectivity index (χ1v) is 6.12. The van der Waals surface area contributed by atoms with Gasteiger partial charge in [-0.25, -0.2) is 4.79 Å². The Hall–Kier alpha value is -2.11. The van der Waals surface area contributed by atoms with Gasteiger partial charge in [0.15, 0.2) is 11.5 Å². The average molecular weight is 278 g/mol. The van der Waals surface area contributed by atoms with Crippen LogP contribution in [0.15, 0.2) is 60.1 Å². The summed E-state index contributed by atoms with van der Waals surface area (Å²) in [5, 5.41) is 27.9. The van der Waals surface area contributed by atoms with Crippen molar-refractivity contribution in [1.29, 1.82) is 0 Å². The van der Waals surface area contributed by atoms with Gasteiger partial charge in [-0.05, 0) is 6.92 Å². The normalized spacial score (nSPS) is 19.6. The van der Waals surface area contributed by atoms with E-state index in [1.54, 1.807) is 24.3 Å². The molecule has 20 heavy (non-hydrogen) atoms. The van der Waals surface area contributed by atoms with Crippen LogP contribution in [0.4, 0.5) is 0 Å². The Kier molecular flexibility index (Phi) is 5.96. The van der Waals surface area contributed by atoms with Crippen molar-refractivity contribution >= 4 is 5.97 Å². The van der Waals surface area contributed by atoms with Crippen LogP contribution < -0.4 is 0 Å². The molecule has 5 heteroatoms. The first-order valence-electron chi connectivity index (χ1n) is 6.12. The highest BCUT2D eigenvalue weighted by molar-refractivity contribution is 5.95. The second-order valence-electron chi connectivity index (χ2n) is 4.15. The maximum absolute atomic E-state index is 11.7. The molecule has 0 aliphatic carbocycles. The third kappa shape index (κ3) is 3.94. The molecule has 0 radical (unpaired) electrons. The minimum Gasteiger partial charge on any atom is -0.504 e. The zero-order chi connectivity index (χ0) is 15.1. The summed E-state index contributed by atoms with van der Waals surface area (Å²) in [6.45, 7) is 4.84. The van der Waals surface area contributed by atoms with Crippen molar-refractivity contribution in [2.45, 2.75) is 13.0 Å². The van der Waals surface area contributed by atoms with Gasteiger partial charge in [-0.1, -0.05) is 43.0 Å². The van der Waals surface area contributed by atoms with Gasteiger partial charge in [0.2, 0.25) is 0 Å². The van der Waals surface area contributed by atoms with Crippen LogP contribution in [0.5, 0.6) is 0 Å². The van der Waals surface area contributed by atoms with Crippen LogP contribution in [0.1, 0.15) is 6.92 Å². The highest BCUT2D eigenvalue weighted by atomic mass is 16.6. The van der Waals surface area contributed by atoms with Crippen LogP contribution in [0.2, 0.25) is 0 Å². The van der Waals surface area contributed by atoms with Crippen LogP contribution in [0.3, 0.4) is 0 Å². The number of hydrogen-bond acceptors (Lipinski definition) is 5. The quantitative estimate of drug-likeness (QED) is 0.389. The average Bonchev–Trinajstić information content (AvgIpc) is 2.67. The minimum atomic E-state index is -1.03. The van der Waals surface area contributed by atoms with Crippen LogP contribution in [-0.4, -0.2) is 34.0 Å². The largest absolute Gasteiger partial charge is 0.504 e. The van der Waals surface area contributed by atoms with Crippen molar-refractivity contribution in [2.75, 3.05) is 6.61 Å². The smallest absolute Gasteiger partial charge is 0.344 e. The van der Waals surface area contributed by atoms with E-state index in [4.69, 9.17) is 9.84 Å². The fourth-order valence-electron chi connectivity index (χ4n) is 1.62. The van der Waals surface area contributed by atoms with Crippen molar-refractivity contribution in [1.82, 2.24) is 0 Å². The third-order valence-corrected chi connectivity index (χ3v) is 2.64. The Morgan fingerprint density at radius 1 is 1.30 bits per heavy atom. The minimum absolute atomic E-state index is 0.0529. The first-order chi connectivity index (χ1) is 9.51. The van der Waals surface area contributed by atoms with Gasteiger partial charge >= 0.3 is 5.97 Å². The van der Waals surface area contributed by atoms with E-state index in [2.05, 4.69) is 6.58 Å². The molecule has 0 fully saturated rings. The third-order valence-electron chi connectivity index (χ3n) is 2.64. The fraction of sp³-hybridized carbons (Fsp3) is 0.267. The lowest BCUT2D eigenvalue weighted by atomic mass is 9.96. The predicted octanol–water partition coefficient (Wildman–Crippen LogP) is 1.53. The molecule has 5 nitrogen and oxygen atoms in total. The van der Waals surface area contributed by atoms with Crippen molar-refractivity contribution in [2.24, 2.45) is 5.92 Å². The Bertz CT molecular complexity index is 496. The van der Waals surface area contributed by atoms with E-state index in [0.717, 1.165) is 0 Å². The molecule has 0 saturated heterocycles. The van der Waals surface area contributed by atoms with Gasteiger partial charge in [-0.15, -0.1) is 0 Å². The number of hydrogen-bond donors (Lipinski definition) is 3. The summed E-state index contributed by atoms with van der Waals surface area (Å²) < 4.78 is 4.75. The number of rotatable bonds is 6. The lowest BCUT2D eigenvalue weighted by Gasteiger charge is -2.08. The number of carbonyl (C=O) groups is 1. The topological polar surface area (TPSA) is 87.0 Å². The number of aliphatic hydroxyl groups is 3. The molecule has 0 aromatic carbocycles. The van der Waals surface area contributed by atoms with E-state index in [9.17, 15) is 15.0 Å². The lowest BCUT2D eigenvalue weighted by molar-refractivity contribution is -0.133. The van der Waals surface area contributed by atoms with Crippen LogP contribution in [0, 0.1) is 5.92 Å². The number of esters is 1. The molecule has 2 atom stereocenters.